The van der Waals surface area contributed by atoms with Crippen LogP contribution in [-0.4, -0.2) is 39.9 Å². The number of esters is 1. The number of rotatable bonds is 6. The summed E-state index contributed by atoms with van der Waals surface area (Å²) in [4.78, 5) is 12.2. The van der Waals surface area contributed by atoms with E-state index in [0.29, 0.717) is 0 Å². The van der Waals surface area contributed by atoms with E-state index in [2.05, 4.69) is 0 Å². The first kappa shape index (κ1) is 19.1. The van der Waals surface area contributed by atoms with E-state index in [9.17, 15) is 13.2 Å². The van der Waals surface area contributed by atoms with Crippen LogP contribution in [0.5, 0.6) is 5.75 Å². The Morgan fingerprint density at radius 2 is 2.00 bits per heavy atom. The van der Waals surface area contributed by atoms with Gasteiger partial charge in [-0.2, -0.15) is 0 Å². The summed E-state index contributed by atoms with van der Waals surface area (Å²) in [5.74, 6) is -0.330. The van der Waals surface area contributed by atoms with Crippen molar-refractivity contribution in [2.75, 3.05) is 26.9 Å². The molecule has 0 atom stereocenters. The lowest BCUT2D eigenvalue weighted by molar-refractivity contribution is 0.0437. The predicted molar refractivity (Wildman–Crippen MR) is 91.1 cm³/mol. The molecule has 0 saturated carbocycles. The Balaban J connectivity index is 2.14. The minimum atomic E-state index is -3.69. The van der Waals surface area contributed by atoms with E-state index in [1.807, 2.05) is 0 Å². The van der Waals surface area contributed by atoms with Crippen LogP contribution in [-0.2, 0) is 21.4 Å². The summed E-state index contributed by atoms with van der Waals surface area (Å²) in [6.45, 7) is -0.257. The van der Waals surface area contributed by atoms with E-state index in [4.69, 9.17) is 31.2 Å². The molecule has 0 aliphatic rings. The van der Waals surface area contributed by atoms with Crippen molar-refractivity contribution in [2.45, 2.75) is 11.7 Å². The Kier molecular flexibility index (Phi) is 5.61. The molecule has 2 aromatic rings. The number of hydrogen-bond donors (Lipinski definition) is 1. The van der Waals surface area contributed by atoms with Crippen LogP contribution in [0.2, 0.25) is 5.02 Å². The molecule has 10 heteroatoms. The monoisotopic (exact) mass is 388 g/mol. The number of furan rings is 1. The second kappa shape index (κ2) is 7.34. The van der Waals surface area contributed by atoms with Crippen molar-refractivity contribution >= 4 is 33.3 Å². The van der Waals surface area contributed by atoms with Crippen LogP contribution in [0.3, 0.4) is 0 Å². The molecule has 2 rings (SSSR count). The molecule has 0 saturated heterocycles. The number of benzene rings is 1. The second-order valence-electron chi connectivity index (χ2n) is 5.16. The minimum absolute atomic E-state index is 0.0920. The fourth-order valence-corrected chi connectivity index (χ4v) is 2.84. The van der Waals surface area contributed by atoms with Crippen molar-refractivity contribution in [3.05, 3.63) is 40.6 Å². The number of ether oxygens (including phenoxy) is 2. The molecule has 0 aliphatic heterocycles. The number of carbonyl (C=O) groups excluding carboxylic acids is 1. The van der Waals surface area contributed by atoms with Crippen LogP contribution in [0.1, 0.15) is 16.1 Å². The van der Waals surface area contributed by atoms with Crippen LogP contribution in [0.15, 0.2) is 33.8 Å². The Morgan fingerprint density at radius 1 is 1.32 bits per heavy atom. The van der Waals surface area contributed by atoms with Gasteiger partial charge in [0, 0.05) is 20.2 Å². The molecule has 0 bridgehead atoms. The first-order valence-electron chi connectivity index (χ1n) is 6.98. The molecule has 0 amide bonds. The standard InChI is InChI=1S/C15H17ClN2O6S/c1-18(2)25(20,21)14-5-4-9(24-14)8-23-15(19)10-6-11(16)12(17)7-13(10)22-3/h4-7H,8,17H2,1-3H3. The van der Waals surface area contributed by atoms with Gasteiger partial charge in [-0.25, -0.2) is 17.5 Å². The number of anilines is 1. The van der Waals surface area contributed by atoms with Crippen molar-refractivity contribution in [3.8, 4) is 5.75 Å². The van der Waals surface area contributed by atoms with Gasteiger partial charge < -0.3 is 19.6 Å². The van der Waals surface area contributed by atoms with Gasteiger partial charge in [0.05, 0.1) is 17.8 Å². The van der Waals surface area contributed by atoms with Gasteiger partial charge in [0.25, 0.3) is 10.0 Å². The fraction of sp³-hybridized carbons (Fsp3) is 0.267. The molecule has 0 unspecified atom stereocenters. The number of sulfonamides is 1. The molecule has 1 aromatic carbocycles. The van der Waals surface area contributed by atoms with E-state index < -0.39 is 16.0 Å². The average molecular weight is 389 g/mol. The van der Waals surface area contributed by atoms with Gasteiger partial charge in [-0.05, 0) is 18.2 Å². The van der Waals surface area contributed by atoms with Crippen molar-refractivity contribution in [1.82, 2.24) is 4.31 Å². The van der Waals surface area contributed by atoms with E-state index in [0.717, 1.165) is 4.31 Å². The summed E-state index contributed by atoms with van der Waals surface area (Å²) in [6, 6.07) is 5.45. The highest BCUT2D eigenvalue weighted by Gasteiger charge is 2.22. The highest BCUT2D eigenvalue weighted by molar-refractivity contribution is 7.88. The lowest BCUT2D eigenvalue weighted by atomic mass is 10.2. The molecule has 0 radical (unpaired) electrons. The van der Waals surface area contributed by atoms with Gasteiger partial charge in [0.2, 0.25) is 5.09 Å². The number of nitrogen functional groups attached to an aromatic ring is 1. The quantitative estimate of drug-likeness (QED) is 0.595. The lowest BCUT2D eigenvalue weighted by Gasteiger charge is -2.10. The summed E-state index contributed by atoms with van der Waals surface area (Å²) in [5, 5.41) is -0.0539. The molecule has 0 spiro atoms. The molecule has 1 heterocycles. The van der Waals surface area contributed by atoms with Gasteiger partial charge in [0.15, 0.2) is 0 Å². The summed E-state index contributed by atoms with van der Waals surface area (Å²) in [6.07, 6.45) is 0. The lowest BCUT2D eigenvalue weighted by Crippen LogP contribution is -2.21. The number of carbonyl (C=O) groups is 1. The van der Waals surface area contributed by atoms with Gasteiger partial charge in [0.1, 0.15) is 23.7 Å². The molecule has 0 aliphatic carbocycles. The van der Waals surface area contributed by atoms with Gasteiger partial charge in [-0.3, -0.25) is 0 Å². The topological polar surface area (TPSA) is 112 Å². The van der Waals surface area contributed by atoms with Crippen LogP contribution in [0.25, 0.3) is 0 Å². The third-order valence-corrected chi connectivity index (χ3v) is 5.27. The third kappa shape index (κ3) is 4.06. The zero-order chi connectivity index (χ0) is 18.8. The highest BCUT2D eigenvalue weighted by Crippen LogP contribution is 2.29. The molecule has 8 nitrogen and oxygen atoms in total. The summed E-state index contributed by atoms with van der Waals surface area (Å²) in [7, 11) is 0.454. The number of nitrogens with zero attached hydrogens (tertiary/aromatic N) is 1. The Labute approximate surface area is 150 Å². The third-order valence-electron chi connectivity index (χ3n) is 3.26. The van der Waals surface area contributed by atoms with E-state index in [-0.39, 0.29) is 39.5 Å². The number of hydrogen-bond acceptors (Lipinski definition) is 7. The van der Waals surface area contributed by atoms with Gasteiger partial charge >= 0.3 is 5.97 Å². The Hall–Kier alpha value is -2.23. The fourth-order valence-electron chi connectivity index (χ4n) is 1.87. The maximum atomic E-state index is 12.2. The average Bonchev–Trinajstić information content (AvgIpc) is 3.04. The minimum Gasteiger partial charge on any atom is -0.496 e. The maximum Gasteiger partial charge on any atom is 0.342 e. The predicted octanol–water partition coefficient (Wildman–Crippen LogP) is 2.13. The van der Waals surface area contributed by atoms with Crippen molar-refractivity contribution in [2.24, 2.45) is 0 Å². The first-order valence-corrected chi connectivity index (χ1v) is 8.80. The number of methoxy groups -OCH3 is 1. The normalized spacial score (nSPS) is 11.6. The van der Waals surface area contributed by atoms with Crippen LogP contribution < -0.4 is 10.5 Å². The number of nitrogens with two attached hydrogens (primary N) is 1. The number of halogens is 1. The zero-order valence-electron chi connectivity index (χ0n) is 13.8. The van der Waals surface area contributed by atoms with Crippen molar-refractivity contribution < 1.29 is 27.1 Å². The van der Waals surface area contributed by atoms with Gasteiger partial charge in [-0.15, -0.1) is 0 Å². The second-order valence-corrected chi connectivity index (χ2v) is 7.65. The molecule has 25 heavy (non-hydrogen) atoms. The molecule has 1 aromatic heterocycles. The summed E-state index contributed by atoms with van der Waals surface area (Å²) in [5.41, 5.74) is 6.01. The molecular weight excluding hydrogens is 372 g/mol. The Morgan fingerprint density at radius 3 is 2.60 bits per heavy atom. The van der Waals surface area contributed by atoms with Crippen LogP contribution in [0, 0.1) is 0 Å². The maximum absolute atomic E-state index is 12.2. The largest absolute Gasteiger partial charge is 0.496 e. The SMILES string of the molecule is COc1cc(N)c(Cl)cc1C(=O)OCc1ccc(S(=O)(=O)N(C)C)o1. The van der Waals surface area contributed by atoms with Gasteiger partial charge in [-0.1, -0.05) is 11.6 Å². The van der Waals surface area contributed by atoms with Crippen molar-refractivity contribution in [3.63, 3.8) is 0 Å². The molecule has 136 valence electrons. The smallest absolute Gasteiger partial charge is 0.342 e. The first-order chi connectivity index (χ1) is 11.7. The molecule has 2 N–H and O–H groups in total. The molecule has 0 fully saturated rings. The highest BCUT2D eigenvalue weighted by atomic mass is 35.5. The van der Waals surface area contributed by atoms with Crippen LogP contribution >= 0.6 is 11.6 Å². The summed E-state index contributed by atoms with van der Waals surface area (Å²) >= 11 is 5.91. The van der Waals surface area contributed by atoms with E-state index in [1.165, 1.54) is 45.5 Å². The Bertz CT molecular complexity index is 891. The van der Waals surface area contributed by atoms with Crippen molar-refractivity contribution in [1.29, 1.82) is 0 Å². The zero-order valence-corrected chi connectivity index (χ0v) is 15.3. The van der Waals surface area contributed by atoms with Crippen LogP contribution in [0.4, 0.5) is 5.69 Å². The van der Waals surface area contributed by atoms with E-state index >= 15 is 0 Å². The molecular formula is C15H17ClN2O6S. The summed E-state index contributed by atoms with van der Waals surface area (Å²) < 4.78 is 40.3. The van der Waals surface area contributed by atoms with E-state index in [1.54, 1.807) is 0 Å².